The van der Waals surface area contributed by atoms with E-state index in [9.17, 15) is 4.79 Å². The number of fused-ring (bicyclic) bond motifs is 1. The van der Waals surface area contributed by atoms with Crippen molar-refractivity contribution >= 4 is 21.6 Å². The van der Waals surface area contributed by atoms with Crippen LogP contribution < -0.4 is 10.6 Å². The standard InChI is InChI=1S/C9H10N2OS/c10-5-6-11-7-3-1-2-4-8(7)13-9(11)12/h1-4H,5-6,10H2. The van der Waals surface area contributed by atoms with E-state index in [1.54, 1.807) is 4.57 Å². The van der Waals surface area contributed by atoms with E-state index in [2.05, 4.69) is 0 Å². The van der Waals surface area contributed by atoms with E-state index in [1.165, 1.54) is 11.3 Å². The molecule has 13 heavy (non-hydrogen) atoms. The summed E-state index contributed by atoms with van der Waals surface area (Å²) >= 11 is 1.27. The zero-order valence-corrected chi connectivity index (χ0v) is 7.88. The van der Waals surface area contributed by atoms with E-state index in [0.29, 0.717) is 13.1 Å². The first-order chi connectivity index (χ1) is 6.33. The Labute approximate surface area is 79.4 Å². The summed E-state index contributed by atoms with van der Waals surface area (Å²) in [5, 5.41) is 0. The molecule has 0 amide bonds. The highest BCUT2D eigenvalue weighted by molar-refractivity contribution is 7.16. The van der Waals surface area contributed by atoms with Crippen molar-refractivity contribution in [2.75, 3.05) is 6.54 Å². The Morgan fingerprint density at radius 2 is 2.15 bits per heavy atom. The van der Waals surface area contributed by atoms with Gasteiger partial charge in [-0.3, -0.25) is 9.36 Å². The van der Waals surface area contributed by atoms with E-state index in [-0.39, 0.29) is 4.87 Å². The predicted molar refractivity (Wildman–Crippen MR) is 55.1 cm³/mol. The van der Waals surface area contributed by atoms with Gasteiger partial charge in [-0.2, -0.15) is 0 Å². The fraction of sp³-hybridized carbons (Fsp3) is 0.222. The van der Waals surface area contributed by atoms with Gasteiger partial charge >= 0.3 is 4.87 Å². The van der Waals surface area contributed by atoms with Crippen LogP contribution in [-0.4, -0.2) is 11.1 Å². The van der Waals surface area contributed by atoms with Gasteiger partial charge in [-0.05, 0) is 12.1 Å². The molecule has 0 saturated heterocycles. The van der Waals surface area contributed by atoms with Crippen molar-refractivity contribution in [3.8, 4) is 0 Å². The second-order valence-electron chi connectivity index (χ2n) is 2.78. The van der Waals surface area contributed by atoms with Crippen LogP contribution in [-0.2, 0) is 6.54 Å². The largest absolute Gasteiger partial charge is 0.329 e. The first-order valence-corrected chi connectivity index (χ1v) is 4.93. The first kappa shape index (κ1) is 8.47. The summed E-state index contributed by atoms with van der Waals surface area (Å²) in [4.78, 5) is 11.5. The number of hydrogen-bond donors (Lipinski definition) is 1. The molecule has 0 aliphatic heterocycles. The molecule has 1 heterocycles. The highest BCUT2D eigenvalue weighted by Crippen LogP contribution is 2.15. The predicted octanol–water partition coefficient (Wildman–Crippen LogP) is 1.02. The Kier molecular flexibility index (Phi) is 2.16. The molecule has 0 bridgehead atoms. The zero-order valence-electron chi connectivity index (χ0n) is 7.06. The SMILES string of the molecule is NCCn1c(=O)sc2ccccc21. The molecule has 1 aromatic heterocycles. The Bertz CT molecular complexity index is 472. The lowest BCUT2D eigenvalue weighted by atomic mass is 10.3. The fourth-order valence-electron chi connectivity index (χ4n) is 1.35. The smallest absolute Gasteiger partial charge is 0.308 e. The molecule has 0 atom stereocenters. The number of nitrogens with two attached hydrogens (primary N) is 1. The van der Waals surface area contributed by atoms with Crippen LogP contribution >= 0.6 is 11.3 Å². The maximum absolute atomic E-state index is 11.5. The van der Waals surface area contributed by atoms with Crippen molar-refractivity contribution in [3.63, 3.8) is 0 Å². The van der Waals surface area contributed by atoms with Crippen LogP contribution in [0, 0.1) is 0 Å². The molecule has 0 unspecified atom stereocenters. The van der Waals surface area contributed by atoms with Crippen LogP contribution in [0.15, 0.2) is 29.1 Å². The van der Waals surface area contributed by atoms with Gasteiger partial charge in [0.2, 0.25) is 0 Å². The highest BCUT2D eigenvalue weighted by atomic mass is 32.1. The van der Waals surface area contributed by atoms with Gasteiger partial charge in [0.15, 0.2) is 0 Å². The van der Waals surface area contributed by atoms with Crippen molar-refractivity contribution in [2.24, 2.45) is 5.73 Å². The summed E-state index contributed by atoms with van der Waals surface area (Å²) in [6.07, 6.45) is 0. The molecule has 4 heteroatoms. The lowest BCUT2D eigenvalue weighted by molar-refractivity contribution is 0.721. The summed E-state index contributed by atoms with van der Waals surface area (Å²) in [5.74, 6) is 0. The molecule has 0 radical (unpaired) electrons. The third kappa shape index (κ3) is 1.38. The molecule has 0 fully saturated rings. The normalized spacial score (nSPS) is 10.8. The molecule has 0 aliphatic carbocycles. The van der Waals surface area contributed by atoms with E-state index < -0.39 is 0 Å². The van der Waals surface area contributed by atoms with E-state index in [1.807, 2.05) is 24.3 Å². The molecule has 0 spiro atoms. The zero-order chi connectivity index (χ0) is 9.26. The quantitative estimate of drug-likeness (QED) is 0.776. The number of benzene rings is 1. The summed E-state index contributed by atoms with van der Waals surface area (Å²) in [6.45, 7) is 1.10. The minimum Gasteiger partial charge on any atom is -0.329 e. The number of thiazole rings is 1. The van der Waals surface area contributed by atoms with Crippen molar-refractivity contribution < 1.29 is 0 Å². The molecule has 2 aromatic rings. The average Bonchev–Trinajstić information content (AvgIpc) is 2.44. The van der Waals surface area contributed by atoms with Crippen LogP contribution in [0.1, 0.15) is 0 Å². The number of hydrogen-bond acceptors (Lipinski definition) is 3. The van der Waals surface area contributed by atoms with E-state index in [4.69, 9.17) is 5.73 Å². The number of para-hydroxylation sites is 1. The molecular formula is C9H10N2OS. The van der Waals surface area contributed by atoms with E-state index in [0.717, 1.165) is 10.2 Å². The van der Waals surface area contributed by atoms with Crippen LogP contribution in [0.5, 0.6) is 0 Å². The lowest BCUT2D eigenvalue weighted by Gasteiger charge is -1.98. The van der Waals surface area contributed by atoms with Gasteiger partial charge in [0.1, 0.15) is 0 Å². The molecule has 68 valence electrons. The van der Waals surface area contributed by atoms with Gasteiger partial charge in [0.25, 0.3) is 0 Å². The molecule has 3 nitrogen and oxygen atoms in total. The number of nitrogens with zero attached hydrogens (tertiary/aromatic N) is 1. The van der Waals surface area contributed by atoms with Gasteiger partial charge < -0.3 is 5.73 Å². The minimum atomic E-state index is 0.0756. The Balaban J connectivity index is 2.71. The highest BCUT2D eigenvalue weighted by Gasteiger charge is 2.04. The third-order valence-corrected chi connectivity index (χ3v) is 2.89. The second-order valence-corrected chi connectivity index (χ2v) is 3.77. The average molecular weight is 194 g/mol. The Hall–Kier alpha value is -1.13. The van der Waals surface area contributed by atoms with Gasteiger partial charge in [-0.25, -0.2) is 0 Å². The molecule has 0 saturated carbocycles. The van der Waals surface area contributed by atoms with Crippen LogP contribution in [0.25, 0.3) is 10.2 Å². The van der Waals surface area contributed by atoms with Crippen molar-refractivity contribution in [3.05, 3.63) is 33.9 Å². The third-order valence-electron chi connectivity index (χ3n) is 1.93. The molecule has 2 rings (SSSR count). The minimum absolute atomic E-state index is 0.0756. The summed E-state index contributed by atoms with van der Waals surface area (Å²) in [7, 11) is 0. The first-order valence-electron chi connectivity index (χ1n) is 4.11. The lowest BCUT2D eigenvalue weighted by Crippen LogP contribution is -2.18. The maximum atomic E-state index is 11.5. The number of aromatic nitrogens is 1. The van der Waals surface area contributed by atoms with E-state index >= 15 is 0 Å². The molecular weight excluding hydrogens is 184 g/mol. The van der Waals surface area contributed by atoms with Crippen LogP contribution in [0.2, 0.25) is 0 Å². The van der Waals surface area contributed by atoms with Gasteiger partial charge in [-0.1, -0.05) is 23.5 Å². The summed E-state index contributed by atoms with van der Waals surface area (Å²) in [6, 6.07) is 7.77. The van der Waals surface area contributed by atoms with Crippen molar-refractivity contribution in [1.29, 1.82) is 0 Å². The van der Waals surface area contributed by atoms with Gasteiger partial charge in [0, 0.05) is 13.1 Å². The van der Waals surface area contributed by atoms with Gasteiger partial charge in [0.05, 0.1) is 10.2 Å². The molecule has 2 N–H and O–H groups in total. The monoisotopic (exact) mass is 194 g/mol. The second kappa shape index (κ2) is 3.32. The van der Waals surface area contributed by atoms with Crippen molar-refractivity contribution in [2.45, 2.75) is 6.54 Å². The van der Waals surface area contributed by atoms with Crippen LogP contribution in [0.3, 0.4) is 0 Å². The maximum Gasteiger partial charge on any atom is 0.308 e. The summed E-state index contributed by atoms with van der Waals surface area (Å²) in [5.41, 5.74) is 6.41. The topological polar surface area (TPSA) is 48.0 Å². The fourth-order valence-corrected chi connectivity index (χ4v) is 2.27. The summed E-state index contributed by atoms with van der Waals surface area (Å²) < 4.78 is 2.75. The Morgan fingerprint density at radius 1 is 1.38 bits per heavy atom. The Morgan fingerprint density at radius 3 is 2.92 bits per heavy atom. The van der Waals surface area contributed by atoms with Gasteiger partial charge in [-0.15, -0.1) is 0 Å². The molecule has 0 aliphatic rings. The number of rotatable bonds is 2. The van der Waals surface area contributed by atoms with Crippen LogP contribution in [0.4, 0.5) is 0 Å². The molecule has 1 aromatic carbocycles. The van der Waals surface area contributed by atoms with Crippen molar-refractivity contribution in [1.82, 2.24) is 4.57 Å².